The Labute approximate surface area is 128 Å². The predicted octanol–water partition coefficient (Wildman–Crippen LogP) is 3.03. The molecule has 21 heavy (non-hydrogen) atoms. The topological polar surface area (TPSA) is 75.7 Å². The molecular formula is C14H14ClN3O2S. The highest BCUT2D eigenvalue weighted by atomic mass is 35.5. The van der Waals surface area contributed by atoms with Crippen molar-refractivity contribution in [3.63, 3.8) is 0 Å². The molecule has 0 aliphatic rings. The van der Waals surface area contributed by atoms with Crippen molar-refractivity contribution < 1.29 is 8.42 Å². The standard InChI is InChI=1S/C14H14ClN3O2S/c1-4-11-12(5-2)18-14(17-11)21(19,20)8-13-9(3)10(15)6-7-16-13/h4-7H,1-2,8H2,3H3,(H,17,18). The van der Waals surface area contributed by atoms with Crippen molar-refractivity contribution in [2.24, 2.45) is 0 Å². The first kappa shape index (κ1) is 15.5. The van der Waals surface area contributed by atoms with E-state index in [9.17, 15) is 8.42 Å². The molecule has 0 radical (unpaired) electrons. The van der Waals surface area contributed by atoms with Crippen LogP contribution in [0.3, 0.4) is 0 Å². The van der Waals surface area contributed by atoms with E-state index >= 15 is 0 Å². The third kappa shape index (κ3) is 3.06. The zero-order valence-corrected chi connectivity index (χ0v) is 13.0. The zero-order valence-electron chi connectivity index (χ0n) is 11.4. The molecule has 2 aromatic heterocycles. The summed E-state index contributed by atoms with van der Waals surface area (Å²) in [5.74, 6) is -0.278. The average molecular weight is 324 g/mol. The lowest BCUT2D eigenvalue weighted by molar-refractivity contribution is 0.587. The smallest absolute Gasteiger partial charge is 0.226 e. The molecule has 1 N–H and O–H groups in total. The summed E-state index contributed by atoms with van der Waals surface area (Å²) in [5, 5.41) is 0.349. The van der Waals surface area contributed by atoms with Crippen LogP contribution in [0.15, 0.2) is 30.6 Å². The van der Waals surface area contributed by atoms with Crippen LogP contribution in [0, 0.1) is 6.92 Å². The summed E-state index contributed by atoms with van der Waals surface area (Å²) in [6.45, 7) is 8.92. The molecule has 0 amide bonds. The van der Waals surface area contributed by atoms with E-state index in [1.165, 1.54) is 18.3 Å². The Hall–Kier alpha value is -1.92. The van der Waals surface area contributed by atoms with Gasteiger partial charge in [0.2, 0.25) is 15.0 Å². The quantitative estimate of drug-likeness (QED) is 0.917. The van der Waals surface area contributed by atoms with Gasteiger partial charge in [0.15, 0.2) is 0 Å². The number of aromatic nitrogens is 3. The normalized spacial score (nSPS) is 11.3. The minimum Gasteiger partial charge on any atom is -0.329 e. The number of pyridine rings is 1. The van der Waals surface area contributed by atoms with Crippen LogP contribution in [-0.2, 0) is 15.6 Å². The number of hydrogen-bond donors (Lipinski definition) is 1. The molecule has 2 aromatic rings. The van der Waals surface area contributed by atoms with Crippen LogP contribution < -0.4 is 0 Å². The second-order valence-corrected chi connectivity index (χ2v) is 6.68. The number of halogens is 1. The number of nitrogens with one attached hydrogen (secondary N) is 1. The van der Waals surface area contributed by atoms with Gasteiger partial charge in [0.25, 0.3) is 0 Å². The van der Waals surface area contributed by atoms with Gasteiger partial charge in [-0.2, -0.15) is 0 Å². The van der Waals surface area contributed by atoms with Gasteiger partial charge in [-0.05, 0) is 30.7 Å². The Morgan fingerprint density at radius 1 is 1.38 bits per heavy atom. The summed E-state index contributed by atoms with van der Waals surface area (Å²) in [4.78, 5) is 10.8. The minimum absolute atomic E-state index is 0.131. The Bertz CT molecular complexity index is 784. The summed E-state index contributed by atoms with van der Waals surface area (Å²) < 4.78 is 24.8. The van der Waals surface area contributed by atoms with Crippen molar-refractivity contribution in [3.05, 3.63) is 53.1 Å². The Morgan fingerprint density at radius 2 is 2.10 bits per heavy atom. The number of hydrogen-bond acceptors (Lipinski definition) is 4. The Kier molecular flexibility index (Phi) is 4.29. The molecule has 0 saturated heterocycles. The van der Waals surface area contributed by atoms with Gasteiger partial charge in [0.05, 0.1) is 17.1 Å². The number of imidazole rings is 1. The summed E-state index contributed by atoms with van der Waals surface area (Å²) in [6, 6.07) is 1.62. The van der Waals surface area contributed by atoms with E-state index in [1.54, 1.807) is 13.0 Å². The van der Waals surface area contributed by atoms with Crippen molar-refractivity contribution in [3.8, 4) is 0 Å². The van der Waals surface area contributed by atoms with Crippen molar-refractivity contribution in [2.75, 3.05) is 0 Å². The van der Waals surface area contributed by atoms with Gasteiger partial charge in [-0.25, -0.2) is 13.4 Å². The van der Waals surface area contributed by atoms with Gasteiger partial charge in [0.1, 0.15) is 5.75 Å². The SMILES string of the molecule is C=Cc1nc(S(=O)(=O)Cc2nccc(Cl)c2C)[nH]c1C=C. The van der Waals surface area contributed by atoms with E-state index in [2.05, 4.69) is 28.1 Å². The van der Waals surface area contributed by atoms with Gasteiger partial charge in [-0.15, -0.1) is 0 Å². The van der Waals surface area contributed by atoms with Crippen molar-refractivity contribution in [1.29, 1.82) is 0 Å². The van der Waals surface area contributed by atoms with Crippen LogP contribution in [0.25, 0.3) is 12.2 Å². The number of aromatic amines is 1. The summed E-state index contributed by atoms with van der Waals surface area (Å²) in [7, 11) is -3.66. The van der Waals surface area contributed by atoms with E-state index in [1.807, 2.05) is 0 Å². The van der Waals surface area contributed by atoms with E-state index in [-0.39, 0.29) is 10.9 Å². The van der Waals surface area contributed by atoms with Crippen LogP contribution in [0.5, 0.6) is 0 Å². The second kappa shape index (κ2) is 5.83. The summed E-state index contributed by atoms with van der Waals surface area (Å²) >= 11 is 5.98. The first-order valence-corrected chi connectivity index (χ1v) is 8.09. The van der Waals surface area contributed by atoms with E-state index in [0.717, 1.165) is 0 Å². The Balaban J connectivity index is 2.43. The molecule has 2 heterocycles. The molecule has 110 valence electrons. The molecule has 0 aliphatic carbocycles. The van der Waals surface area contributed by atoms with E-state index in [4.69, 9.17) is 11.6 Å². The molecule has 0 unspecified atom stereocenters. The highest BCUT2D eigenvalue weighted by Crippen LogP contribution is 2.21. The van der Waals surface area contributed by atoms with Crippen molar-refractivity contribution >= 4 is 33.6 Å². The molecule has 0 bridgehead atoms. The highest BCUT2D eigenvalue weighted by molar-refractivity contribution is 7.90. The molecule has 2 rings (SSSR count). The first-order chi connectivity index (χ1) is 9.89. The van der Waals surface area contributed by atoms with Crippen LogP contribution in [0.1, 0.15) is 22.6 Å². The molecule has 0 aliphatic heterocycles. The molecule has 0 saturated carbocycles. The minimum atomic E-state index is -3.66. The molecule has 0 atom stereocenters. The molecule has 0 spiro atoms. The highest BCUT2D eigenvalue weighted by Gasteiger charge is 2.22. The number of nitrogens with zero attached hydrogens (tertiary/aromatic N) is 2. The fraction of sp³-hybridized carbons (Fsp3) is 0.143. The lowest BCUT2D eigenvalue weighted by atomic mass is 10.2. The maximum Gasteiger partial charge on any atom is 0.226 e. The van der Waals surface area contributed by atoms with E-state index < -0.39 is 9.84 Å². The zero-order chi connectivity index (χ0) is 15.6. The van der Waals surface area contributed by atoms with Gasteiger partial charge in [0, 0.05) is 11.2 Å². The molecular weight excluding hydrogens is 310 g/mol. The van der Waals surface area contributed by atoms with Gasteiger partial charge in [-0.3, -0.25) is 4.98 Å². The monoisotopic (exact) mass is 323 g/mol. The predicted molar refractivity (Wildman–Crippen MR) is 83.6 cm³/mol. The lowest BCUT2D eigenvalue weighted by Gasteiger charge is -2.05. The first-order valence-electron chi connectivity index (χ1n) is 6.06. The fourth-order valence-electron chi connectivity index (χ4n) is 1.78. The number of H-pyrrole nitrogens is 1. The van der Waals surface area contributed by atoms with Crippen LogP contribution in [0.2, 0.25) is 5.02 Å². The summed E-state index contributed by atoms with van der Waals surface area (Å²) in [5.41, 5.74) is 2.00. The van der Waals surface area contributed by atoms with Crippen molar-refractivity contribution in [1.82, 2.24) is 15.0 Å². The largest absolute Gasteiger partial charge is 0.329 e. The van der Waals surface area contributed by atoms with Gasteiger partial charge in [-0.1, -0.05) is 24.8 Å². The van der Waals surface area contributed by atoms with E-state index in [0.29, 0.717) is 27.7 Å². The second-order valence-electron chi connectivity index (χ2n) is 4.37. The summed E-state index contributed by atoms with van der Waals surface area (Å²) in [6.07, 6.45) is 4.44. The fourth-order valence-corrected chi connectivity index (χ4v) is 3.24. The van der Waals surface area contributed by atoms with Gasteiger partial charge < -0.3 is 4.98 Å². The third-order valence-corrected chi connectivity index (χ3v) is 4.85. The third-order valence-electron chi connectivity index (χ3n) is 3.00. The molecule has 0 aromatic carbocycles. The lowest BCUT2D eigenvalue weighted by Crippen LogP contribution is -2.09. The Morgan fingerprint density at radius 3 is 2.67 bits per heavy atom. The maximum atomic E-state index is 12.4. The molecule has 7 heteroatoms. The maximum absolute atomic E-state index is 12.4. The molecule has 5 nitrogen and oxygen atoms in total. The van der Waals surface area contributed by atoms with Crippen LogP contribution in [-0.4, -0.2) is 23.4 Å². The van der Waals surface area contributed by atoms with Crippen LogP contribution >= 0.6 is 11.6 Å². The molecule has 0 fully saturated rings. The number of sulfone groups is 1. The average Bonchev–Trinajstić information content (AvgIpc) is 2.88. The van der Waals surface area contributed by atoms with Gasteiger partial charge >= 0.3 is 0 Å². The van der Waals surface area contributed by atoms with Crippen LogP contribution in [0.4, 0.5) is 0 Å². The van der Waals surface area contributed by atoms with Crippen molar-refractivity contribution in [2.45, 2.75) is 17.8 Å². The number of rotatable bonds is 5.